The largest absolute Gasteiger partial charge is 0.349 e. The SMILES string of the molecule is CC(=O)NC(CP(=O)(O)O)c1ccc2ccccc2c1. The number of carbonyl (C=O) groups is 1. The number of hydrogen-bond acceptors (Lipinski definition) is 2. The topological polar surface area (TPSA) is 86.6 Å². The van der Waals surface area contributed by atoms with Crippen LogP contribution in [0.4, 0.5) is 0 Å². The molecule has 0 saturated carbocycles. The van der Waals surface area contributed by atoms with Crippen molar-refractivity contribution in [1.29, 1.82) is 0 Å². The van der Waals surface area contributed by atoms with Crippen LogP contribution in [0.5, 0.6) is 0 Å². The summed E-state index contributed by atoms with van der Waals surface area (Å²) in [5.74, 6) is -0.323. The van der Waals surface area contributed by atoms with Gasteiger partial charge >= 0.3 is 7.60 Å². The smallest absolute Gasteiger partial charge is 0.327 e. The summed E-state index contributed by atoms with van der Waals surface area (Å²) in [6, 6.07) is 12.5. The van der Waals surface area contributed by atoms with Gasteiger partial charge < -0.3 is 15.1 Å². The third kappa shape index (κ3) is 3.90. The second kappa shape index (κ2) is 5.75. The van der Waals surface area contributed by atoms with Crippen molar-refractivity contribution in [1.82, 2.24) is 5.32 Å². The lowest BCUT2D eigenvalue weighted by atomic mass is 10.0. The lowest BCUT2D eigenvalue weighted by molar-refractivity contribution is -0.119. The molecule has 0 fully saturated rings. The first-order valence-electron chi connectivity index (χ1n) is 6.15. The number of nitrogens with one attached hydrogen (secondary N) is 1. The minimum atomic E-state index is -4.22. The van der Waals surface area contributed by atoms with Crippen LogP contribution in [-0.2, 0) is 9.36 Å². The number of amides is 1. The second-order valence-corrected chi connectivity index (χ2v) is 6.40. The molecule has 0 aliphatic rings. The van der Waals surface area contributed by atoms with E-state index in [9.17, 15) is 9.36 Å². The van der Waals surface area contributed by atoms with Crippen molar-refractivity contribution in [3.63, 3.8) is 0 Å². The number of fused-ring (bicyclic) bond motifs is 1. The van der Waals surface area contributed by atoms with Crippen LogP contribution in [-0.4, -0.2) is 21.9 Å². The van der Waals surface area contributed by atoms with Crippen molar-refractivity contribution in [3.8, 4) is 0 Å². The molecule has 0 saturated heterocycles. The van der Waals surface area contributed by atoms with E-state index in [1.54, 1.807) is 6.07 Å². The summed E-state index contributed by atoms with van der Waals surface area (Å²) in [6.45, 7) is 1.33. The molecule has 0 aliphatic heterocycles. The molecule has 106 valence electrons. The van der Waals surface area contributed by atoms with Gasteiger partial charge in [-0.15, -0.1) is 0 Å². The zero-order valence-electron chi connectivity index (χ0n) is 11.0. The van der Waals surface area contributed by atoms with Crippen molar-refractivity contribution in [3.05, 3.63) is 48.0 Å². The van der Waals surface area contributed by atoms with E-state index in [1.165, 1.54) is 6.92 Å². The monoisotopic (exact) mass is 293 g/mol. The van der Waals surface area contributed by atoms with Gasteiger partial charge in [0.1, 0.15) is 0 Å². The molecular weight excluding hydrogens is 277 g/mol. The molecule has 20 heavy (non-hydrogen) atoms. The Kier molecular flexibility index (Phi) is 4.23. The minimum Gasteiger partial charge on any atom is -0.349 e. The maximum atomic E-state index is 11.2. The first-order valence-corrected chi connectivity index (χ1v) is 7.95. The molecule has 2 rings (SSSR count). The lowest BCUT2D eigenvalue weighted by Crippen LogP contribution is -2.28. The normalized spacial score (nSPS) is 13.2. The average molecular weight is 293 g/mol. The zero-order valence-corrected chi connectivity index (χ0v) is 11.9. The van der Waals surface area contributed by atoms with E-state index >= 15 is 0 Å². The Morgan fingerprint density at radius 3 is 2.45 bits per heavy atom. The van der Waals surface area contributed by atoms with Crippen LogP contribution in [0, 0.1) is 0 Å². The van der Waals surface area contributed by atoms with Crippen molar-refractivity contribution < 1.29 is 19.1 Å². The zero-order chi connectivity index (χ0) is 14.8. The maximum absolute atomic E-state index is 11.2. The third-order valence-corrected chi connectivity index (χ3v) is 3.81. The highest BCUT2D eigenvalue weighted by atomic mass is 31.2. The number of rotatable bonds is 4. The lowest BCUT2D eigenvalue weighted by Gasteiger charge is -2.19. The van der Waals surface area contributed by atoms with Gasteiger partial charge in [-0.1, -0.05) is 36.4 Å². The van der Waals surface area contributed by atoms with Crippen molar-refractivity contribution in [2.24, 2.45) is 0 Å². The molecule has 5 nitrogen and oxygen atoms in total. The summed E-state index contributed by atoms with van der Waals surface area (Å²) < 4.78 is 11.2. The van der Waals surface area contributed by atoms with Crippen LogP contribution in [0.15, 0.2) is 42.5 Å². The van der Waals surface area contributed by atoms with Crippen molar-refractivity contribution >= 4 is 24.3 Å². The van der Waals surface area contributed by atoms with Gasteiger partial charge in [0, 0.05) is 6.92 Å². The molecular formula is C14H16NO4P. The van der Waals surface area contributed by atoms with Gasteiger partial charge in [0.05, 0.1) is 12.2 Å². The number of benzene rings is 2. The summed E-state index contributed by atoms with van der Waals surface area (Å²) >= 11 is 0. The van der Waals surface area contributed by atoms with Crippen LogP contribution in [0.3, 0.4) is 0 Å². The number of carbonyl (C=O) groups excluding carboxylic acids is 1. The Bertz CT molecular complexity index is 680. The van der Waals surface area contributed by atoms with Crippen LogP contribution in [0.2, 0.25) is 0 Å². The summed E-state index contributed by atoms with van der Waals surface area (Å²) in [4.78, 5) is 29.5. The quantitative estimate of drug-likeness (QED) is 0.754. The Hall–Kier alpha value is -1.68. The van der Waals surface area contributed by atoms with Gasteiger partial charge in [0.25, 0.3) is 0 Å². The standard InChI is InChI=1S/C14H16NO4P/c1-10(16)15-14(9-20(17,18)19)13-7-6-11-4-2-3-5-12(11)8-13/h2-8,14H,9H2,1H3,(H,15,16)(H2,17,18,19). The van der Waals surface area contributed by atoms with Crippen LogP contribution >= 0.6 is 7.60 Å². The van der Waals surface area contributed by atoms with Crippen molar-refractivity contribution in [2.75, 3.05) is 6.16 Å². The molecule has 3 N–H and O–H groups in total. The summed E-state index contributed by atoms with van der Waals surface area (Å²) in [5, 5.41) is 4.59. The summed E-state index contributed by atoms with van der Waals surface area (Å²) in [7, 11) is -4.22. The van der Waals surface area contributed by atoms with E-state index in [2.05, 4.69) is 5.32 Å². The molecule has 1 unspecified atom stereocenters. The van der Waals surface area contributed by atoms with E-state index in [1.807, 2.05) is 36.4 Å². The molecule has 0 aliphatic carbocycles. The van der Waals surface area contributed by atoms with Crippen LogP contribution < -0.4 is 5.32 Å². The molecule has 2 aromatic rings. The average Bonchev–Trinajstić information content (AvgIpc) is 2.35. The Morgan fingerprint density at radius 2 is 1.85 bits per heavy atom. The Labute approximate surface area is 116 Å². The van der Waals surface area contributed by atoms with E-state index in [-0.39, 0.29) is 5.91 Å². The van der Waals surface area contributed by atoms with E-state index in [0.717, 1.165) is 10.8 Å². The highest BCUT2D eigenvalue weighted by Crippen LogP contribution is 2.39. The van der Waals surface area contributed by atoms with Gasteiger partial charge in [-0.25, -0.2) is 0 Å². The molecule has 0 aromatic heterocycles. The summed E-state index contributed by atoms with van der Waals surface area (Å²) in [6.07, 6.45) is -0.412. The molecule has 1 amide bonds. The predicted octanol–water partition coefficient (Wildman–Crippen LogP) is 2.19. The Balaban J connectivity index is 2.39. The highest BCUT2D eigenvalue weighted by Gasteiger charge is 2.23. The van der Waals surface area contributed by atoms with Gasteiger partial charge in [0.15, 0.2) is 0 Å². The molecule has 0 radical (unpaired) electrons. The van der Waals surface area contributed by atoms with E-state index < -0.39 is 19.8 Å². The van der Waals surface area contributed by atoms with Gasteiger partial charge in [-0.2, -0.15) is 0 Å². The van der Waals surface area contributed by atoms with Crippen molar-refractivity contribution in [2.45, 2.75) is 13.0 Å². The fourth-order valence-electron chi connectivity index (χ4n) is 2.14. The fourth-order valence-corrected chi connectivity index (χ4v) is 2.92. The molecule has 0 spiro atoms. The molecule has 0 bridgehead atoms. The fraction of sp³-hybridized carbons (Fsp3) is 0.214. The van der Waals surface area contributed by atoms with Gasteiger partial charge in [-0.3, -0.25) is 9.36 Å². The van der Waals surface area contributed by atoms with E-state index in [0.29, 0.717) is 5.56 Å². The van der Waals surface area contributed by atoms with Crippen LogP contribution in [0.25, 0.3) is 10.8 Å². The minimum absolute atomic E-state index is 0.323. The Morgan fingerprint density at radius 1 is 1.20 bits per heavy atom. The molecule has 2 aromatic carbocycles. The highest BCUT2D eigenvalue weighted by molar-refractivity contribution is 7.51. The van der Waals surface area contributed by atoms with Gasteiger partial charge in [-0.05, 0) is 22.4 Å². The first kappa shape index (κ1) is 14.7. The third-order valence-electron chi connectivity index (χ3n) is 2.97. The molecule has 6 heteroatoms. The second-order valence-electron chi connectivity index (χ2n) is 4.71. The first-order chi connectivity index (χ1) is 9.35. The van der Waals surface area contributed by atoms with Crippen LogP contribution in [0.1, 0.15) is 18.5 Å². The summed E-state index contributed by atoms with van der Waals surface area (Å²) in [5.41, 5.74) is 0.683. The molecule has 0 heterocycles. The number of hydrogen-bond donors (Lipinski definition) is 3. The molecule has 1 atom stereocenters. The van der Waals surface area contributed by atoms with E-state index in [4.69, 9.17) is 9.79 Å². The maximum Gasteiger partial charge on any atom is 0.327 e. The van der Waals surface area contributed by atoms with Gasteiger partial charge in [0.2, 0.25) is 5.91 Å². The predicted molar refractivity (Wildman–Crippen MR) is 77.4 cm³/mol.